The summed E-state index contributed by atoms with van der Waals surface area (Å²) in [4.78, 5) is 21.5. The third kappa shape index (κ3) is 4.93. The molecule has 0 N–H and O–H groups in total. The fourth-order valence-electron chi connectivity index (χ4n) is 4.16. The van der Waals surface area contributed by atoms with Gasteiger partial charge in [0.25, 0.3) is 0 Å². The molecule has 0 aliphatic carbocycles. The molecule has 162 valence electrons. The highest BCUT2D eigenvalue weighted by Gasteiger charge is 2.28. The zero-order valence-corrected chi connectivity index (χ0v) is 19.2. The smallest absolute Gasteiger partial charge is 0.225 e. The number of hydrogen-bond acceptors (Lipinski definition) is 6. The van der Waals surface area contributed by atoms with Gasteiger partial charge in [0, 0.05) is 38.8 Å². The van der Waals surface area contributed by atoms with Crippen molar-refractivity contribution in [3.63, 3.8) is 0 Å². The zero-order valence-electron chi connectivity index (χ0n) is 18.4. The van der Waals surface area contributed by atoms with Gasteiger partial charge in [-0.1, -0.05) is 35.9 Å². The summed E-state index contributed by atoms with van der Waals surface area (Å²) >= 11 is 1.19. The van der Waals surface area contributed by atoms with Gasteiger partial charge < -0.3 is 9.80 Å². The van der Waals surface area contributed by atoms with E-state index >= 15 is 0 Å². The highest BCUT2D eigenvalue weighted by Crippen LogP contribution is 2.29. The number of nitrogens with zero attached hydrogens (tertiary/aromatic N) is 5. The lowest BCUT2D eigenvalue weighted by atomic mass is 9.94. The van der Waals surface area contributed by atoms with E-state index in [-0.39, 0.29) is 11.8 Å². The maximum atomic E-state index is 13.0. The molecule has 2 aromatic heterocycles. The molecule has 0 atom stereocenters. The lowest BCUT2D eigenvalue weighted by Crippen LogP contribution is -2.41. The van der Waals surface area contributed by atoms with Crippen LogP contribution in [0.5, 0.6) is 0 Å². The van der Waals surface area contributed by atoms with Crippen LogP contribution in [0.4, 0.5) is 5.69 Å². The molecule has 1 fully saturated rings. The molecule has 3 heterocycles. The van der Waals surface area contributed by atoms with Crippen LogP contribution in [0.1, 0.15) is 37.8 Å². The number of hydrogen-bond donors (Lipinski definition) is 0. The van der Waals surface area contributed by atoms with E-state index in [9.17, 15) is 4.79 Å². The first-order valence-corrected chi connectivity index (χ1v) is 11.5. The molecule has 6 nitrogen and oxygen atoms in total. The van der Waals surface area contributed by atoms with Crippen molar-refractivity contribution in [1.82, 2.24) is 18.6 Å². The van der Waals surface area contributed by atoms with Crippen LogP contribution >= 0.6 is 11.7 Å². The second kappa shape index (κ2) is 9.56. The molecule has 1 saturated heterocycles. The average molecular weight is 436 g/mol. The van der Waals surface area contributed by atoms with E-state index in [4.69, 9.17) is 0 Å². The minimum absolute atomic E-state index is 0.0729. The highest BCUT2D eigenvalue weighted by molar-refractivity contribution is 7.00. The summed E-state index contributed by atoms with van der Waals surface area (Å²) in [6.07, 6.45) is 6.62. The van der Waals surface area contributed by atoms with Gasteiger partial charge in [0.2, 0.25) is 5.91 Å². The molecule has 31 heavy (non-hydrogen) atoms. The number of benzene rings is 1. The van der Waals surface area contributed by atoms with Crippen molar-refractivity contribution in [2.45, 2.75) is 39.7 Å². The topological polar surface area (TPSA) is 62.2 Å². The zero-order chi connectivity index (χ0) is 21.8. The third-order valence-corrected chi connectivity index (χ3v) is 6.64. The highest BCUT2D eigenvalue weighted by atomic mass is 32.1. The second-order valence-corrected chi connectivity index (χ2v) is 8.88. The molecule has 0 radical (unpaired) electrons. The van der Waals surface area contributed by atoms with Gasteiger partial charge in [0.1, 0.15) is 5.52 Å². The van der Waals surface area contributed by atoms with E-state index in [1.54, 1.807) is 6.20 Å². The van der Waals surface area contributed by atoms with E-state index < -0.39 is 0 Å². The second-order valence-electron chi connectivity index (χ2n) is 8.35. The van der Waals surface area contributed by atoms with Gasteiger partial charge in [-0.2, -0.15) is 8.75 Å². The number of rotatable bonds is 6. The number of allylic oxidation sites excluding steroid dienone is 2. The van der Waals surface area contributed by atoms with Gasteiger partial charge in [-0.3, -0.25) is 4.79 Å². The summed E-state index contributed by atoms with van der Waals surface area (Å²) in [6, 6.07) is 10.6. The number of carbonyl (C=O) groups excluding carboxylic acids is 1. The van der Waals surface area contributed by atoms with Crippen LogP contribution in [0.3, 0.4) is 0 Å². The standard InChI is InChI=1S/C24H29N5OS/c1-4-17(2)15-18-5-7-19(8-6-18)16-28(3)24(30)20-10-13-29(14-11-20)21-9-12-25-23-22(21)26-31-27-23/h4-9,12,20H,10-11,13-16H2,1-3H3. The lowest BCUT2D eigenvalue weighted by Gasteiger charge is -2.34. The molecule has 1 aliphatic rings. The minimum atomic E-state index is 0.0729. The summed E-state index contributed by atoms with van der Waals surface area (Å²) in [7, 11) is 1.92. The first-order chi connectivity index (χ1) is 15.0. The van der Waals surface area contributed by atoms with Crippen LogP contribution in [-0.2, 0) is 17.8 Å². The summed E-state index contributed by atoms with van der Waals surface area (Å²) in [5.41, 5.74) is 6.48. The molecule has 0 spiro atoms. The molecule has 0 unspecified atom stereocenters. The molecule has 0 saturated carbocycles. The predicted octanol–water partition coefficient (Wildman–Crippen LogP) is 4.47. The van der Waals surface area contributed by atoms with Crippen molar-refractivity contribution in [2.24, 2.45) is 5.92 Å². The van der Waals surface area contributed by atoms with Crippen molar-refractivity contribution in [3.8, 4) is 0 Å². The predicted molar refractivity (Wildman–Crippen MR) is 126 cm³/mol. The number of amides is 1. The van der Waals surface area contributed by atoms with E-state index in [1.807, 2.05) is 18.0 Å². The van der Waals surface area contributed by atoms with Gasteiger partial charge >= 0.3 is 0 Å². The maximum Gasteiger partial charge on any atom is 0.225 e. The number of carbonyl (C=O) groups is 1. The Labute approximate surface area is 187 Å². The molecule has 4 rings (SSSR count). The SMILES string of the molecule is CC=C(C)Cc1ccc(CN(C)C(=O)C2CCN(c3ccnc4nsnc34)CC2)cc1. The van der Waals surface area contributed by atoms with Crippen LogP contribution in [0.15, 0.2) is 48.2 Å². The molecule has 1 aromatic carbocycles. The summed E-state index contributed by atoms with van der Waals surface area (Å²) in [5.74, 6) is 0.312. The Kier molecular flexibility index (Phi) is 6.61. The Hall–Kier alpha value is -2.80. The van der Waals surface area contributed by atoms with Gasteiger partial charge in [-0.25, -0.2) is 4.98 Å². The number of anilines is 1. The van der Waals surface area contributed by atoms with Gasteiger partial charge in [-0.15, -0.1) is 0 Å². The molecule has 1 amide bonds. The van der Waals surface area contributed by atoms with Gasteiger partial charge in [0.15, 0.2) is 5.65 Å². The van der Waals surface area contributed by atoms with E-state index in [1.165, 1.54) is 28.4 Å². The molecular weight excluding hydrogens is 406 g/mol. The summed E-state index contributed by atoms with van der Waals surface area (Å²) in [5, 5.41) is 0. The van der Waals surface area contributed by atoms with Crippen molar-refractivity contribution in [2.75, 3.05) is 25.0 Å². The number of piperidine rings is 1. The molecular formula is C24H29N5OS. The number of fused-ring (bicyclic) bond motifs is 1. The number of pyridine rings is 1. The van der Waals surface area contributed by atoms with Gasteiger partial charge in [-0.05, 0) is 50.3 Å². The fraction of sp³-hybridized carbons (Fsp3) is 0.417. The first-order valence-electron chi connectivity index (χ1n) is 10.8. The monoisotopic (exact) mass is 435 g/mol. The van der Waals surface area contributed by atoms with Crippen LogP contribution in [0.2, 0.25) is 0 Å². The fourth-order valence-corrected chi connectivity index (χ4v) is 4.67. The van der Waals surface area contributed by atoms with E-state index in [0.29, 0.717) is 12.2 Å². The largest absolute Gasteiger partial charge is 0.370 e. The normalized spacial score (nSPS) is 15.5. The van der Waals surface area contributed by atoms with E-state index in [0.717, 1.165) is 43.6 Å². The van der Waals surface area contributed by atoms with Crippen molar-refractivity contribution in [3.05, 3.63) is 59.3 Å². The third-order valence-electron chi connectivity index (χ3n) is 6.12. The van der Waals surface area contributed by atoms with Crippen molar-refractivity contribution in [1.29, 1.82) is 0 Å². The van der Waals surface area contributed by atoms with Crippen LogP contribution in [0, 0.1) is 5.92 Å². The minimum Gasteiger partial charge on any atom is -0.370 e. The quantitative estimate of drug-likeness (QED) is 0.535. The molecule has 3 aromatic rings. The van der Waals surface area contributed by atoms with Crippen molar-refractivity contribution >= 4 is 34.5 Å². The lowest BCUT2D eigenvalue weighted by molar-refractivity contribution is -0.135. The Bertz CT molecular complexity index is 1070. The summed E-state index contributed by atoms with van der Waals surface area (Å²) < 4.78 is 8.63. The van der Waals surface area contributed by atoms with Crippen LogP contribution < -0.4 is 4.90 Å². The molecule has 1 aliphatic heterocycles. The molecule has 0 bridgehead atoms. The van der Waals surface area contributed by atoms with Crippen molar-refractivity contribution < 1.29 is 4.79 Å². The Morgan fingerprint density at radius 3 is 2.58 bits per heavy atom. The first kappa shape index (κ1) is 21.4. The Morgan fingerprint density at radius 1 is 1.16 bits per heavy atom. The molecule has 7 heteroatoms. The van der Waals surface area contributed by atoms with E-state index in [2.05, 4.69) is 62.8 Å². The summed E-state index contributed by atoms with van der Waals surface area (Å²) in [6.45, 7) is 6.57. The average Bonchev–Trinajstić information content (AvgIpc) is 3.29. The Balaban J connectivity index is 1.32. The van der Waals surface area contributed by atoms with Crippen LogP contribution in [0.25, 0.3) is 11.2 Å². The van der Waals surface area contributed by atoms with Crippen LogP contribution in [-0.4, -0.2) is 44.7 Å². The number of aromatic nitrogens is 3. The Morgan fingerprint density at radius 2 is 1.87 bits per heavy atom. The van der Waals surface area contributed by atoms with Gasteiger partial charge in [0.05, 0.1) is 17.4 Å². The maximum absolute atomic E-state index is 13.0.